The molecule has 7 heteroatoms. The summed E-state index contributed by atoms with van der Waals surface area (Å²) in [7, 11) is 0. The first-order valence-corrected chi connectivity index (χ1v) is 2.52. The minimum absolute atomic E-state index is 0. The van der Waals surface area contributed by atoms with Gasteiger partial charge in [0, 0.05) is 6.92 Å². The zero-order valence-corrected chi connectivity index (χ0v) is 7.88. The van der Waals surface area contributed by atoms with Crippen LogP contribution >= 0.6 is 0 Å². The number of aliphatic carboxylic acids is 1. The summed E-state index contributed by atoms with van der Waals surface area (Å²) in [5.74, 6) is -0.833. The smallest absolute Gasteiger partial charge is 1.00 e. The first kappa shape index (κ1) is 16.3. The molecule has 3 N–H and O–H groups in total. The maximum absolute atomic E-state index is 9.00. The van der Waals surface area contributed by atoms with Crippen molar-refractivity contribution < 1.29 is 54.2 Å². The van der Waals surface area contributed by atoms with Crippen LogP contribution in [0.5, 0.6) is 0 Å². The zero-order valence-electron chi connectivity index (χ0n) is 6.07. The molecule has 0 bridgehead atoms. The molecule has 0 atom stereocenters. The molecule has 0 unspecified atom stereocenters. The zero-order chi connectivity index (χ0) is 7.15. The second-order valence-corrected chi connectivity index (χ2v) is 1.21. The van der Waals surface area contributed by atoms with E-state index in [4.69, 9.17) is 23.2 Å². The number of carbonyl (C=O) groups is 1. The molecule has 0 aliphatic rings. The van der Waals surface area contributed by atoms with Gasteiger partial charge in [0.25, 0.3) is 17.3 Å². The topological polar surface area (TPSA) is 94.8 Å². The third-order valence-electron chi connectivity index (χ3n) is 0. The molecule has 0 amide bonds. The van der Waals surface area contributed by atoms with Gasteiger partial charge in [0.2, 0.25) is 0 Å². The van der Waals surface area contributed by atoms with E-state index in [-0.39, 0.29) is 31.0 Å². The molecule has 0 aromatic carbocycles. The van der Waals surface area contributed by atoms with E-state index < -0.39 is 17.3 Å². The quantitative estimate of drug-likeness (QED) is 0.261. The third-order valence-corrected chi connectivity index (χ3v) is 0. The standard InChI is InChI=1S/C2H4O2.Na.H2O3S.H/c1-2(3)4;;1-4(2)3;/h1H3,(H,3,4);;(H2,1,2,3);/q;+1;;-1. The molecule has 0 spiro atoms. The van der Waals surface area contributed by atoms with Crippen molar-refractivity contribution in [2.45, 2.75) is 6.92 Å². The summed E-state index contributed by atoms with van der Waals surface area (Å²) in [6.07, 6.45) is 0. The Hall–Kier alpha value is 0.540. The number of hydrogen-bond donors (Lipinski definition) is 3. The van der Waals surface area contributed by atoms with Gasteiger partial charge in [0.1, 0.15) is 0 Å². The van der Waals surface area contributed by atoms with Crippen molar-refractivity contribution in [1.29, 1.82) is 0 Å². The van der Waals surface area contributed by atoms with Crippen LogP contribution in [0.1, 0.15) is 8.35 Å². The predicted octanol–water partition coefficient (Wildman–Crippen LogP) is -3.11. The van der Waals surface area contributed by atoms with Crippen LogP contribution in [0.3, 0.4) is 0 Å². The molecule has 0 aromatic heterocycles. The fourth-order valence-corrected chi connectivity index (χ4v) is 0. The van der Waals surface area contributed by atoms with Crippen LogP contribution in [-0.2, 0) is 16.2 Å². The van der Waals surface area contributed by atoms with E-state index in [2.05, 4.69) is 0 Å². The Labute approximate surface area is 78.3 Å². The SMILES string of the molecule is CC(=O)O.O=S(O)O.[H-].[Na+]. The van der Waals surface area contributed by atoms with Gasteiger partial charge in [-0.15, -0.1) is 0 Å². The average Bonchev–Trinajstić information content (AvgIpc) is 1.25. The molecule has 0 radical (unpaired) electrons. The van der Waals surface area contributed by atoms with Crippen LogP contribution in [0.2, 0.25) is 0 Å². The van der Waals surface area contributed by atoms with E-state index in [9.17, 15) is 0 Å². The average molecular weight is 166 g/mol. The van der Waals surface area contributed by atoms with E-state index in [1.807, 2.05) is 0 Å². The van der Waals surface area contributed by atoms with Crippen molar-refractivity contribution in [3.63, 3.8) is 0 Å². The molecule has 0 saturated heterocycles. The van der Waals surface area contributed by atoms with Crippen LogP contribution < -0.4 is 29.6 Å². The summed E-state index contributed by atoms with van der Waals surface area (Å²) in [4.78, 5) is 9.00. The molecular formula is C2H7NaO5S. The molecule has 5 nitrogen and oxygen atoms in total. The molecule has 0 saturated carbocycles. The van der Waals surface area contributed by atoms with Crippen LogP contribution in [0.4, 0.5) is 0 Å². The Bertz CT molecular complexity index is 77.6. The van der Waals surface area contributed by atoms with Crippen molar-refractivity contribution in [3.05, 3.63) is 0 Å². The molecule has 0 aromatic rings. The maximum Gasteiger partial charge on any atom is 1.00 e. The van der Waals surface area contributed by atoms with Gasteiger partial charge < -0.3 is 6.53 Å². The van der Waals surface area contributed by atoms with Crippen LogP contribution in [0.25, 0.3) is 0 Å². The summed E-state index contributed by atoms with van der Waals surface area (Å²) in [5.41, 5.74) is 0. The van der Waals surface area contributed by atoms with Crippen LogP contribution in [0, 0.1) is 0 Å². The van der Waals surface area contributed by atoms with Gasteiger partial charge in [-0.3, -0.25) is 13.9 Å². The molecule has 52 valence electrons. The van der Waals surface area contributed by atoms with E-state index in [0.29, 0.717) is 0 Å². The fourth-order valence-electron chi connectivity index (χ4n) is 0. The Balaban J connectivity index is -0.0000000300. The van der Waals surface area contributed by atoms with Gasteiger partial charge in [-0.05, 0) is 0 Å². The van der Waals surface area contributed by atoms with Crippen molar-refractivity contribution in [2.24, 2.45) is 0 Å². The second kappa shape index (κ2) is 11.4. The van der Waals surface area contributed by atoms with Crippen molar-refractivity contribution in [1.82, 2.24) is 0 Å². The second-order valence-electron chi connectivity index (χ2n) is 0.750. The Morgan fingerprint density at radius 1 is 1.56 bits per heavy atom. The Morgan fingerprint density at radius 3 is 1.56 bits per heavy atom. The molecule has 9 heavy (non-hydrogen) atoms. The summed E-state index contributed by atoms with van der Waals surface area (Å²) >= 11 is -2.61. The van der Waals surface area contributed by atoms with E-state index in [1.54, 1.807) is 0 Å². The number of carboxylic acids is 1. The van der Waals surface area contributed by atoms with Gasteiger partial charge >= 0.3 is 29.6 Å². The largest absolute Gasteiger partial charge is 1.00 e. The van der Waals surface area contributed by atoms with E-state index >= 15 is 0 Å². The van der Waals surface area contributed by atoms with Gasteiger partial charge in [-0.25, -0.2) is 0 Å². The van der Waals surface area contributed by atoms with Crippen molar-refractivity contribution in [2.75, 3.05) is 0 Å². The molecular weight excluding hydrogens is 159 g/mol. The van der Waals surface area contributed by atoms with Crippen LogP contribution in [-0.4, -0.2) is 24.4 Å². The van der Waals surface area contributed by atoms with Crippen LogP contribution in [0.15, 0.2) is 0 Å². The first-order valence-electron chi connectivity index (χ1n) is 1.46. The summed E-state index contributed by atoms with van der Waals surface area (Å²) in [6.45, 7) is 1.08. The fraction of sp³-hybridized carbons (Fsp3) is 0.500. The third kappa shape index (κ3) is 1250. The van der Waals surface area contributed by atoms with Gasteiger partial charge in [-0.1, -0.05) is 0 Å². The monoisotopic (exact) mass is 166 g/mol. The molecule has 0 aliphatic heterocycles. The molecule has 0 aliphatic carbocycles. The van der Waals surface area contributed by atoms with Gasteiger partial charge in [0.05, 0.1) is 0 Å². The Morgan fingerprint density at radius 2 is 1.56 bits per heavy atom. The minimum Gasteiger partial charge on any atom is -1.00 e. The van der Waals surface area contributed by atoms with E-state index in [1.165, 1.54) is 0 Å². The number of carboxylic acid groups (broad SMARTS) is 1. The Kier molecular flexibility index (Phi) is 20.5. The molecule has 0 rings (SSSR count). The number of hydrogen-bond acceptors (Lipinski definition) is 2. The van der Waals surface area contributed by atoms with Gasteiger partial charge in [-0.2, -0.15) is 4.21 Å². The summed E-state index contributed by atoms with van der Waals surface area (Å²) in [6, 6.07) is 0. The normalized spacial score (nSPS) is 6.67. The number of rotatable bonds is 0. The van der Waals surface area contributed by atoms with Gasteiger partial charge in [0.15, 0.2) is 0 Å². The van der Waals surface area contributed by atoms with Crippen molar-refractivity contribution >= 4 is 17.3 Å². The maximum atomic E-state index is 9.00. The molecule has 0 heterocycles. The first-order chi connectivity index (χ1) is 3.46. The summed E-state index contributed by atoms with van der Waals surface area (Å²) in [5, 5.41) is 7.42. The van der Waals surface area contributed by atoms with Crippen molar-refractivity contribution in [3.8, 4) is 0 Å². The minimum atomic E-state index is -2.61. The summed E-state index contributed by atoms with van der Waals surface area (Å²) < 4.78 is 22.8. The van der Waals surface area contributed by atoms with E-state index in [0.717, 1.165) is 6.92 Å². The molecule has 0 fully saturated rings. The predicted molar refractivity (Wildman–Crippen MR) is 27.8 cm³/mol.